The summed E-state index contributed by atoms with van der Waals surface area (Å²) in [5, 5.41) is 6.54. The number of ether oxygens (including phenoxy) is 2. The Hall–Kier alpha value is -0.450. The molecule has 0 atom stereocenters. The molecule has 128 valence electrons. The van der Waals surface area contributed by atoms with Crippen LogP contribution in [0.2, 0.25) is 0 Å². The summed E-state index contributed by atoms with van der Waals surface area (Å²) in [4.78, 5) is 10.0. The molecule has 0 aliphatic heterocycles. The van der Waals surface area contributed by atoms with E-state index >= 15 is 0 Å². The number of rotatable bonds is 10. The summed E-state index contributed by atoms with van der Waals surface area (Å²) in [6, 6.07) is 0. The van der Waals surface area contributed by atoms with E-state index in [-0.39, 0.29) is 24.0 Å². The number of halogens is 1. The standard InChI is InChI=1S/C14H26N4O2S.HI/c1-4-15-14(16-6-5-7-20-9-8-19-3)17-10-13-12(2)18-11-21-13;/h11H,4-10H2,1-3H3,(H2,15,16,17);1H. The molecule has 1 rings (SSSR count). The summed E-state index contributed by atoms with van der Waals surface area (Å²) < 4.78 is 10.3. The molecule has 6 nitrogen and oxygen atoms in total. The van der Waals surface area contributed by atoms with Crippen LogP contribution in [-0.4, -0.2) is 51.0 Å². The van der Waals surface area contributed by atoms with E-state index in [0.717, 1.165) is 37.8 Å². The predicted octanol–water partition coefficient (Wildman–Crippen LogP) is 2.18. The van der Waals surface area contributed by atoms with Crippen LogP contribution in [0.1, 0.15) is 23.9 Å². The van der Waals surface area contributed by atoms with Crippen molar-refractivity contribution in [2.24, 2.45) is 4.99 Å². The summed E-state index contributed by atoms with van der Waals surface area (Å²) in [7, 11) is 1.68. The number of hydrogen-bond acceptors (Lipinski definition) is 5. The maximum absolute atomic E-state index is 5.42. The average molecular weight is 442 g/mol. The molecule has 22 heavy (non-hydrogen) atoms. The van der Waals surface area contributed by atoms with Crippen LogP contribution < -0.4 is 10.6 Å². The predicted molar refractivity (Wildman–Crippen MR) is 102 cm³/mol. The smallest absolute Gasteiger partial charge is 0.191 e. The van der Waals surface area contributed by atoms with Crippen LogP contribution in [0, 0.1) is 6.92 Å². The molecule has 0 aromatic carbocycles. The van der Waals surface area contributed by atoms with Gasteiger partial charge in [-0.3, -0.25) is 0 Å². The fourth-order valence-electron chi connectivity index (χ4n) is 1.60. The van der Waals surface area contributed by atoms with Gasteiger partial charge in [-0.05, 0) is 20.3 Å². The highest BCUT2D eigenvalue weighted by atomic mass is 127. The maximum Gasteiger partial charge on any atom is 0.191 e. The van der Waals surface area contributed by atoms with Gasteiger partial charge in [0, 0.05) is 31.7 Å². The molecule has 0 fully saturated rings. The Kier molecular flexibility index (Phi) is 13.9. The molecule has 0 spiro atoms. The summed E-state index contributed by atoms with van der Waals surface area (Å²) in [6.45, 7) is 8.43. The fourth-order valence-corrected chi connectivity index (χ4v) is 2.30. The topological polar surface area (TPSA) is 67.8 Å². The van der Waals surface area contributed by atoms with Crippen molar-refractivity contribution in [3.8, 4) is 0 Å². The van der Waals surface area contributed by atoms with Gasteiger partial charge >= 0.3 is 0 Å². The first-order valence-electron chi connectivity index (χ1n) is 7.25. The van der Waals surface area contributed by atoms with Crippen molar-refractivity contribution in [1.29, 1.82) is 0 Å². The third-order valence-electron chi connectivity index (χ3n) is 2.76. The van der Waals surface area contributed by atoms with Gasteiger partial charge in [-0.15, -0.1) is 35.3 Å². The molecule has 0 aliphatic carbocycles. The van der Waals surface area contributed by atoms with Gasteiger partial charge in [0.15, 0.2) is 5.96 Å². The zero-order valence-corrected chi connectivity index (χ0v) is 16.7. The van der Waals surface area contributed by atoms with E-state index in [9.17, 15) is 0 Å². The minimum absolute atomic E-state index is 0. The minimum Gasteiger partial charge on any atom is -0.382 e. The second kappa shape index (κ2) is 14.2. The third kappa shape index (κ3) is 9.54. The van der Waals surface area contributed by atoms with Crippen molar-refractivity contribution in [1.82, 2.24) is 15.6 Å². The van der Waals surface area contributed by atoms with Crippen LogP contribution in [-0.2, 0) is 16.0 Å². The molecule has 0 saturated carbocycles. The second-order valence-electron chi connectivity index (χ2n) is 4.44. The van der Waals surface area contributed by atoms with Gasteiger partial charge in [0.2, 0.25) is 0 Å². The van der Waals surface area contributed by atoms with E-state index < -0.39 is 0 Å². The number of aryl methyl sites for hydroxylation is 1. The SMILES string of the molecule is CCNC(=NCc1scnc1C)NCCCOCCOC.I. The summed E-state index contributed by atoms with van der Waals surface area (Å²) in [5.41, 5.74) is 2.92. The number of methoxy groups -OCH3 is 1. The van der Waals surface area contributed by atoms with E-state index in [0.29, 0.717) is 19.8 Å². The highest BCUT2D eigenvalue weighted by Crippen LogP contribution is 2.12. The lowest BCUT2D eigenvalue weighted by atomic mass is 10.4. The van der Waals surface area contributed by atoms with Crippen molar-refractivity contribution >= 4 is 41.3 Å². The van der Waals surface area contributed by atoms with Crippen LogP contribution in [0.3, 0.4) is 0 Å². The highest BCUT2D eigenvalue weighted by molar-refractivity contribution is 14.0. The lowest BCUT2D eigenvalue weighted by Gasteiger charge is -2.11. The third-order valence-corrected chi connectivity index (χ3v) is 3.68. The summed E-state index contributed by atoms with van der Waals surface area (Å²) in [6.07, 6.45) is 0.938. The first kappa shape index (κ1) is 21.6. The van der Waals surface area contributed by atoms with Gasteiger partial charge in [0.25, 0.3) is 0 Å². The van der Waals surface area contributed by atoms with E-state index in [1.807, 2.05) is 12.4 Å². The van der Waals surface area contributed by atoms with E-state index in [4.69, 9.17) is 9.47 Å². The van der Waals surface area contributed by atoms with Crippen LogP contribution in [0.5, 0.6) is 0 Å². The zero-order valence-electron chi connectivity index (χ0n) is 13.6. The molecule has 0 bridgehead atoms. The molecule has 0 unspecified atom stereocenters. The van der Waals surface area contributed by atoms with Gasteiger partial charge in [0.05, 0.1) is 31.0 Å². The number of aromatic nitrogens is 1. The van der Waals surface area contributed by atoms with Crippen LogP contribution in [0.15, 0.2) is 10.5 Å². The lowest BCUT2D eigenvalue weighted by Crippen LogP contribution is -2.38. The Morgan fingerprint density at radius 3 is 2.77 bits per heavy atom. The number of aliphatic imine (C=N–C) groups is 1. The van der Waals surface area contributed by atoms with Gasteiger partial charge in [-0.25, -0.2) is 9.98 Å². The van der Waals surface area contributed by atoms with Gasteiger partial charge in [0.1, 0.15) is 0 Å². The number of hydrogen-bond donors (Lipinski definition) is 2. The molecule has 1 aromatic heterocycles. The van der Waals surface area contributed by atoms with E-state index in [1.54, 1.807) is 18.4 Å². The second-order valence-corrected chi connectivity index (χ2v) is 5.38. The van der Waals surface area contributed by atoms with Gasteiger partial charge < -0.3 is 20.1 Å². The number of thiazole rings is 1. The molecule has 1 heterocycles. The molecular formula is C14H27IN4O2S. The Morgan fingerprint density at radius 2 is 2.14 bits per heavy atom. The molecule has 0 amide bonds. The molecule has 8 heteroatoms. The average Bonchev–Trinajstić information content (AvgIpc) is 2.89. The van der Waals surface area contributed by atoms with Crippen molar-refractivity contribution in [3.05, 3.63) is 16.1 Å². The Morgan fingerprint density at radius 1 is 1.32 bits per heavy atom. The monoisotopic (exact) mass is 442 g/mol. The van der Waals surface area contributed by atoms with Crippen molar-refractivity contribution in [3.63, 3.8) is 0 Å². The van der Waals surface area contributed by atoms with E-state index in [1.165, 1.54) is 4.88 Å². The molecule has 0 radical (unpaired) electrons. The number of nitrogens with one attached hydrogen (secondary N) is 2. The van der Waals surface area contributed by atoms with Crippen molar-refractivity contribution in [2.75, 3.05) is 40.0 Å². The van der Waals surface area contributed by atoms with Crippen molar-refractivity contribution in [2.45, 2.75) is 26.8 Å². The van der Waals surface area contributed by atoms with Gasteiger partial charge in [-0.2, -0.15) is 0 Å². The molecule has 0 aliphatic rings. The van der Waals surface area contributed by atoms with Crippen LogP contribution in [0.4, 0.5) is 0 Å². The summed E-state index contributed by atoms with van der Waals surface area (Å²) in [5.74, 6) is 0.835. The molecule has 0 saturated heterocycles. The number of nitrogens with zero attached hydrogens (tertiary/aromatic N) is 2. The number of guanidine groups is 1. The van der Waals surface area contributed by atoms with Crippen molar-refractivity contribution < 1.29 is 9.47 Å². The fraction of sp³-hybridized carbons (Fsp3) is 0.714. The zero-order chi connectivity index (χ0) is 15.3. The largest absolute Gasteiger partial charge is 0.382 e. The maximum atomic E-state index is 5.42. The highest BCUT2D eigenvalue weighted by Gasteiger charge is 2.01. The molecule has 1 aromatic rings. The lowest BCUT2D eigenvalue weighted by molar-refractivity contribution is 0.0698. The quantitative estimate of drug-likeness (QED) is 0.252. The Bertz CT molecular complexity index is 415. The molecular weight excluding hydrogens is 415 g/mol. The first-order chi connectivity index (χ1) is 10.3. The summed E-state index contributed by atoms with van der Waals surface area (Å²) >= 11 is 1.64. The Balaban J connectivity index is 0.00000441. The van der Waals surface area contributed by atoms with Gasteiger partial charge in [-0.1, -0.05) is 0 Å². The minimum atomic E-state index is 0. The normalized spacial score (nSPS) is 11.1. The first-order valence-corrected chi connectivity index (χ1v) is 8.13. The van der Waals surface area contributed by atoms with Crippen LogP contribution in [0.25, 0.3) is 0 Å². The molecule has 2 N–H and O–H groups in total. The Labute approximate surface area is 154 Å². The van der Waals surface area contributed by atoms with Crippen LogP contribution >= 0.6 is 35.3 Å². The van der Waals surface area contributed by atoms with E-state index in [2.05, 4.69) is 27.5 Å².